The van der Waals surface area contributed by atoms with E-state index in [1.54, 1.807) is 0 Å². The Kier molecular flexibility index (Phi) is 5.43. The highest BCUT2D eigenvalue weighted by Gasteiger charge is 2.38. The average Bonchev–Trinajstić information content (AvgIpc) is 2.34. The highest BCUT2D eigenvalue weighted by Crippen LogP contribution is 2.31. The van der Waals surface area contributed by atoms with Crippen LogP contribution in [-0.4, -0.2) is 10.9 Å². The Labute approximate surface area is 125 Å². The Hall–Kier alpha value is -1.01. The van der Waals surface area contributed by atoms with Gasteiger partial charge in [-0.15, -0.1) is 0 Å². The molecule has 0 spiro atoms. The van der Waals surface area contributed by atoms with E-state index >= 15 is 0 Å². The Morgan fingerprint density at radius 1 is 1.47 bits per heavy atom. The van der Waals surface area contributed by atoms with Gasteiger partial charge < -0.3 is 11.1 Å². The van der Waals surface area contributed by atoms with E-state index in [0.29, 0.717) is 23.0 Å². The molecule has 0 aliphatic carbocycles. The van der Waals surface area contributed by atoms with Crippen molar-refractivity contribution in [2.45, 2.75) is 26.7 Å². The lowest BCUT2D eigenvalue weighted by Gasteiger charge is -2.29. The van der Waals surface area contributed by atoms with Gasteiger partial charge in [0.15, 0.2) is 0 Å². The number of hydrogen-bond acceptors (Lipinski definition) is 2. The van der Waals surface area contributed by atoms with Crippen LogP contribution in [0.2, 0.25) is 0 Å². The number of carbonyl (C=O) groups is 1. The molecule has 0 saturated heterocycles. The molecule has 104 valence electrons. The Balaban J connectivity index is 3.03. The highest BCUT2D eigenvalue weighted by molar-refractivity contribution is 9.10. The van der Waals surface area contributed by atoms with Crippen molar-refractivity contribution in [1.29, 1.82) is 0 Å². The second kappa shape index (κ2) is 6.43. The molecule has 0 aliphatic heterocycles. The minimum Gasteiger partial charge on any atom is -0.392 e. The predicted molar refractivity (Wildman–Crippen MR) is 82.5 cm³/mol. The maximum atomic E-state index is 13.0. The zero-order valence-electron chi connectivity index (χ0n) is 10.8. The summed E-state index contributed by atoms with van der Waals surface area (Å²) in [6.07, 6.45) is 1.03. The summed E-state index contributed by atoms with van der Waals surface area (Å²) in [6, 6.07) is 4.06. The quantitative estimate of drug-likeness (QED) is 0.800. The van der Waals surface area contributed by atoms with Crippen LogP contribution in [0.15, 0.2) is 22.7 Å². The molecule has 0 aromatic heterocycles. The van der Waals surface area contributed by atoms with Crippen molar-refractivity contribution >= 4 is 44.7 Å². The normalized spacial score (nSPS) is 11.2. The third-order valence-corrected chi connectivity index (χ3v) is 4.34. The van der Waals surface area contributed by atoms with Gasteiger partial charge in [0.25, 0.3) is 0 Å². The fraction of sp³-hybridized carbons (Fsp3) is 0.385. The van der Waals surface area contributed by atoms with E-state index in [1.807, 2.05) is 13.8 Å². The molecule has 0 saturated carbocycles. The summed E-state index contributed by atoms with van der Waals surface area (Å²) in [5.41, 5.74) is 5.33. The van der Waals surface area contributed by atoms with E-state index in [2.05, 4.69) is 21.2 Å². The molecule has 1 aromatic rings. The van der Waals surface area contributed by atoms with Crippen LogP contribution in [0.5, 0.6) is 0 Å². The monoisotopic (exact) mass is 346 g/mol. The molecule has 1 aromatic carbocycles. The first-order valence-corrected chi connectivity index (χ1v) is 7.14. The minimum absolute atomic E-state index is 0.174. The number of nitrogens with one attached hydrogen (secondary N) is 1. The Morgan fingerprint density at radius 3 is 2.47 bits per heavy atom. The van der Waals surface area contributed by atoms with Crippen molar-refractivity contribution in [3.05, 3.63) is 28.5 Å². The summed E-state index contributed by atoms with van der Waals surface area (Å²) in [7, 11) is 0. The number of hydrogen-bond donors (Lipinski definition) is 2. The van der Waals surface area contributed by atoms with Crippen molar-refractivity contribution in [3.63, 3.8) is 0 Å². The molecule has 0 heterocycles. The van der Waals surface area contributed by atoms with Gasteiger partial charge in [-0.25, -0.2) is 4.39 Å². The number of benzene rings is 1. The van der Waals surface area contributed by atoms with Gasteiger partial charge in [0.2, 0.25) is 5.91 Å². The fourth-order valence-corrected chi connectivity index (χ4v) is 2.70. The van der Waals surface area contributed by atoms with Gasteiger partial charge in [0.1, 0.15) is 5.82 Å². The molecule has 1 amide bonds. The second-order valence-electron chi connectivity index (χ2n) is 4.23. The van der Waals surface area contributed by atoms with Crippen LogP contribution in [0.3, 0.4) is 0 Å². The van der Waals surface area contributed by atoms with E-state index in [0.717, 1.165) is 0 Å². The van der Waals surface area contributed by atoms with Crippen molar-refractivity contribution in [1.82, 2.24) is 0 Å². The Bertz CT molecular complexity index is 503. The zero-order valence-corrected chi connectivity index (χ0v) is 13.2. The van der Waals surface area contributed by atoms with Crippen molar-refractivity contribution < 1.29 is 9.18 Å². The summed E-state index contributed by atoms with van der Waals surface area (Å²) >= 11 is 8.22. The van der Waals surface area contributed by atoms with Crippen LogP contribution >= 0.6 is 28.1 Å². The van der Waals surface area contributed by atoms with E-state index in [1.165, 1.54) is 18.2 Å². The lowest BCUT2D eigenvalue weighted by molar-refractivity contribution is -0.122. The summed E-state index contributed by atoms with van der Waals surface area (Å²) in [6.45, 7) is 3.73. The highest BCUT2D eigenvalue weighted by atomic mass is 79.9. The number of carbonyl (C=O) groups excluding carboxylic acids is 1. The number of nitrogens with two attached hydrogens (primary N) is 1. The molecule has 0 fully saturated rings. The van der Waals surface area contributed by atoms with Gasteiger partial charge in [0, 0.05) is 4.47 Å². The standard InChI is InChI=1S/C13H16BrFN2OS/c1-3-13(4-2,11(16)19)12(18)17-10-6-5-8(15)7-9(10)14/h5-7H,3-4H2,1-2H3,(H2,16,19)(H,17,18). The van der Waals surface area contributed by atoms with Gasteiger partial charge in [-0.3, -0.25) is 4.79 Å². The van der Waals surface area contributed by atoms with Gasteiger partial charge in [0.05, 0.1) is 16.1 Å². The summed E-state index contributed by atoms with van der Waals surface area (Å²) < 4.78 is 13.5. The molecule has 0 aliphatic rings. The first-order valence-electron chi connectivity index (χ1n) is 5.93. The van der Waals surface area contributed by atoms with E-state index in [4.69, 9.17) is 18.0 Å². The largest absolute Gasteiger partial charge is 0.392 e. The van der Waals surface area contributed by atoms with Crippen LogP contribution in [0, 0.1) is 11.2 Å². The van der Waals surface area contributed by atoms with Crippen LogP contribution in [0.25, 0.3) is 0 Å². The van der Waals surface area contributed by atoms with Crippen molar-refractivity contribution in [2.75, 3.05) is 5.32 Å². The lowest BCUT2D eigenvalue weighted by Crippen LogP contribution is -2.45. The smallest absolute Gasteiger partial charge is 0.237 e. The van der Waals surface area contributed by atoms with Crippen LogP contribution < -0.4 is 11.1 Å². The number of thiocarbonyl (C=S) groups is 1. The predicted octanol–water partition coefficient (Wildman–Crippen LogP) is 3.62. The molecule has 6 heteroatoms. The lowest BCUT2D eigenvalue weighted by atomic mass is 9.81. The van der Waals surface area contributed by atoms with Crippen LogP contribution in [0.4, 0.5) is 10.1 Å². The third kappa shape index (κ3) is 3.30. The van der Waals surface area contributed by atoms with Crippen molar-refractivity contribution in [3.8, 4) is 0 Å². The number of anilines is 1. The maximum Gasteiger partial charge on any atom is 0.237 e. The second-order valence-corrected chi connectivity index (χ2v) is 5.53. The van der Waals surface area contributed by atoms with Gasteiger partial charge >= 0.3 is 0 Å². The summed E-state index contributed by atoms with van der Waals surface area (Å²) in [5, 5.41) is 2.74. The molecule has 1 rings (SSSR count). The van der Waals surface area contributed by atoms with Crippen molar-refractivity contribution in [2.24, 2.45) is 11.1 Å². The Morgan fingerprint density at radius 2 is 2.05 bits per heavy atom. The fourth-order valence-electron chi connectivity index (χ4n) is 1.86. The van der Waals surface area contributed by atoms with Gasteiger partial charge in [-0.05, 0) is 47.0 Å². The number of rotatable bonds is 5. The maximum absolute atomic E-state index is 13.0. The molecule has 0 unspecified atom stereocenters. The SMILES string of the molecule is CCC(CC)(C(=O)Nc1ccc(F)cc1Br)C(N)=S. The first kappa shape index (κ1) is 16.0. The average molecular weight is 347 g/mol. The van der Waals surface area contributed by atoms with E-state index in [-0.39, 0.29) is 16.7 Å². The molecular formula is C13H16BrFN2OS. The first-order chi connectivity index (χ1) is 8.87. The minimum atomic E-state index is -0.872. The third-order valence-electron chi connectivity index (χ3n) is 3.29. The molecule has 0 atom stereocenters. The zero-order chi connectivity index (χ0) is 14.6. The molecule has 19 heavy (non-hydrogen) atoms. The molecule has 0 bridgehead atoms. The van der Waals surface area contributed by atoms with Crippen LogP contribution in [-0.2, 0) is 4.79 Å². The molecular weight excluding hydrogens is 331 g/mol. The summed E-state index contributed by atoms with van der Waals surface area (Å²) in [5.74, 6) is -0.645. The van der Waals surface area contributed by atoms with E-state index < -0.39 is 5.41 Å². The van der Waals surface area contributed by atoms with Gasteiger partial charge in [-0.2, -0.15) is 0 Å². The van der Waals surface area contributed by atoms with Crippen LogP contribution in [0.1, 0.15) is 26.7 Å². The summed E-state index contributed by atoms with van der Waals surface area (Å²) in [4.78, 5) is 12.6. The van der Waals surface area contributed by atoms with E-state index in [9.17, 15) is 9.18 Å². The molecule has 0 radical (unpaired) electrons. The number of amides is 1. The van der Waals surface area contributed by atoms with Gasteiger partial charge in [-0.1, -0.05) is 26.1 Å². The topological polar surface area (TPSA) is 55.1 Å². The molecule has 3 nitrogen and oxygen atoms in total. The molecule has 3 N–H and O–H groups in total. The number of halogens is 2.